The molecule has 6 nitrogen and oxygen atoms in total. The predicted octanol–water partition coefficient (Wildman–Crippen LogP) is 4.56. The highest BCUT2D eigenvalue weighted by molar-refractivity contribution is 9.11. The van der Waals surface area contributed by atoms with E-state index in [0.29, 0.717) is 16.9 Å². The van der Waals surface area contributed by atoms with Crippen molar-refractivity contribution < 1.29 is 13.2 Å². The van der Waals surface area contributed by atoms with Gasteiger partial charge in [-0.05, 0) is 50.4 Å². The lowest BCUT2D eigenvalue weighted by molar-refractivity contribution is 0.407. The van der Waals surface area contributed by atoms with Gasteiger partial charge in [0.15, 0.2) is 5.75 Å². The van der Waals surface area contributed by atoms with Crippen LogP contribution in [0.4, 0.5) is 5.69 Å². The lowest BCUT2D eigenvalue weighted by atomic mass is 10.1. The van der Waals surface area contributed by atoms with E-state index in [2.05, 4.69) is 53.8 Å². The second kappa shape index (κ2) is 10.4. The third-order valence-corrected chi connectivity index (χ3v) is 6.90. The Morgan fingerprint density at radius 3 is 2.52 bits per heavy atom. The van der Waals surface area contributed by atoms with E-state index >= 15 is 0 Å². The van der Waals surface area contributed by atoms with E-state index in [1.807, 2.05) is 30.3 Å². The molecule has 148 valence electrons. The summed E-state index contributed by atoms with van der Waals surface area (Å²) >= 11 is 6.49. The summed E-state index contributed by atoms with van der Waals surface area (Å²) in [5.74, 6) is 0.353. The van der Waals surface area contributed by atoms with Crippen LogP contribution in [0.15, 0.2) is 50.5 Å². The highest BCUT2D eigenvalue weighted by atomic mass is 79.9. The normalized spacial score (nSPS) is 12.6. The van der Waals surface area contributed by atoms with Gasteiger partial charge in [-0.1, -0.05) is 38.0 Å². The number of halogens is 2. The number of sulfonamides is 1. The summed E-state index contributed by atoms with van der Waals surface area (Å²) in [6, 6.07) is 10.9. The molecule has 0 radical (unpaired) electrons. The topological polar surface area (TPSA) is 80.3 Å². The Bertz CT molecular complexity index is 848. The van der Waals surface area contributed by atoms with Gasteiger partial charge in [0.05, 0.1) is 7.11 Å². The van der Waals surface area contributed by atoms with Crippen LogP contribution in [0.5, 0.6) is 5.75 Å². The highest BCUT2D eigenvalue weighted by Gasteiger charge is 2.25. The standard InChI is InChI=1S/C18H23Br2N3O3S/c1-3-4-8-14(12-21-13-9-6-5-7-10-13)23-27(24,25)16-11-15(26-2)17(19)22-18(16)20/h5-7,9-11,14,21,23H,3-4,8,12H2,1-2H3. The molecule has 1 aromatic heterocycles. The first-order valence-electron chi connectivity index (χ1n) is 8.58. The quantitative estimate of drug-likeness (QED) is 0.449. The van der Waals surface area contributed by atoms with Crippen molar-refractivity contribution in [2.45, 2.75) is 37.1 Å². The highest BCUT2D eigenvalue weighted by Crippen LogP contribution is 2.30. The molecular weight excluding hydrogens is 498 g/mol. The number of anilines is 1. The number of pyridine rings is 1. The molecule has 2 aromatic rings. The van der Waals surface area contributed by atoms with E-state index in [1.165, 1.54) is 13.2 Å². The molecule has 27 heavy (non-hydrogen) atoms. The van der Waals surface area contributed by atoms with Gasteiger partial charge in [-0.3, -0.25) is 0 Å². The van der Waals surface area contributed by atoms with Crippen molar-refractivity contribution in [3.05, 3.63) is 45.6 Å². The number of nitrogens with zero attached hydrogens (tertiary/aromatic N) is 1. The summed E-state index contributed by atoms with van der Waals surface area (Å²) < 4.78 is 34.5. The summed E-state index contributed by atoms with van der Waals surface area (Å²) in [6.45, 7) is 2.57. The Morgan fingerprint density at radius 2 is 1.89 bits per heavy atom. The first-order valence-corrected chi connectivity index (χ1v) is 11.7. The maximum atomic E-state index is 12.9. The molecule has 2 N–H and O–H groups in total. The number of hydrogen-bond acceptors (Lipinski definition) is 5. The number of benzene rings is 1. The number of unbranched alkanes of at least 4 members (excludes halogenated alkanes) is 1. The Morgan fingerprint density at radius 1 is 1.19 bits per heavy atom. The minimum absolute atomic E-state index is 0.0451. The minimum atomic E-state index is -3.77. The number of nitrogens with one attached hydrogen (secondary N) is 2. The van der Waals surface area contributed by atoms with E-state index < -0.39 is 10.0 Å². The molecular formula is C18H23Br2N3O3S. The summed E-state index contributed by atoms with van der Waals surface area (Å²) in [5.41, 5.74) is 0.950. The zero-order chi connectivity index (χ0) is 19.9. The molecule has 1 unspecified atom stereocenters. The maximum absolute atomic E-state index is 12.9. The molecule has 0 bridgehead atoms. The fraction of sp³-hybridized carbons (Fsp3) is 0.389. The average Bonchev–Trinajstić information content (AvgIpc) is 2.64. The van der Waals surface area contributed by atoms with Gasteiger partial charge in [-0.25, -0.2) is 18.1 Å². The van der Waals surface area contributed by atoms with Gasteiger partial charge in [0.2, 0.25) is 10.0 Å². The predicted molar refractivity (Wildman–Crippen MR) is 115 cm³/mol. The smallest absolute Gasteiger partial charge is 0.243 e. The molecule has 0 amide bonds. The monoisotopic (exact) mass is 519 g/mol. The molecule has 0 aliphatic heterocycles. The lowest BCUT2D eigenvalue weighted by Crippen LogP contribution is -2.39. The van der Waals surface area contributed by atoms with Gasteiger partial charge >= 0.3 is 0 Å². The van der Waals surface area contributed by atoms with Crippen LogP contribution in [0.25, 0.3) is 0 Å². The molecule has 2 rings (SSSR count). The number of methoxy groups -OCH3 is 1. The Labute approximate surface area is 177 Å². The van der Waals surface area contributed by atoms with Crippen LogP contribution >= 0.6 is 31.9 Å². The fourth-order valence-electron chi connectivity index (χ4n) is 2.50. The van der Waals surface area contributed by atoms with E-state index in [-0.39, 0.29) is 15.5 Å². The number of ether oxygens (including phenoxy) is 1. The third kappa shape index (κ3) is 6.44. The van der Waals surface area contributed by atoms with Crippen molar-refractivity contribution >= 4 is 47.6 Å². The van der Waals surface area contributed by atoms with Gasteiger partial charge in [0, 0.05) is 24.3 Å². The lowest BCUT2D eigenvalue weighted by Gasteiger charge is -2.20. The largest absolute Gasteiger partial charge is 0.494 e. The van der Waals surface area contributed by atoms with Gasteiger partial charge in [0.1, 0.15) is 14.1 Å². The van der Waals surface area contributed by atoms with Crippen molar-refractivity contribution in [1.82, 2.24) is 9.71 Å². The van der Waals surface area contributed by atoms with Crippen molar-refractivity contribution in [3.8, 4) is 5.75 Å². The molecule has 0 saturated heterocycles. The Kier molecular flexibility index (Phi) is 8.53. The minimum Gasteiger partial charge on any atom is -0.494 e. The number of rotatable bonds is 10. The van der Waals surface area contributed by atoms with Crippen molar-refractivity contribution in [3.63, 3.8) is 0 Å². The summed E-state index contributed by atoms with van der Waals surface area (Å²) in [7, 11) is -2.31. The van der Waals surface area contributed by atoms with E-state index in [9.17, 15) is 8.42 Å². The Balaban J connectivity index is 2.19. The van der Waals surface area contributed by atoms with Crippen LogP contribution in [0.2, 0.25) is 0 Å². The van der Waals surface area contributed by atoms with Crippen LogP contribution < -0.4 is 14.8 Å². The van der Waals surface area contributed by atoms with Gasteiger partial charge < -0.3 is 10.1 Å². The molecule has 0 saturated carbocycles. The first kappa shape index (κ1) is 22.1. The number of para-hydroxylation sites is 1. The third-order valence-electron chi connectivity index (χ3n) is 3.93. The summed E-state index contributed by atoms with van der Waals surface area (Å²) in [4.78, 5) is 4.19. The van der Waals surface area contributed by atoms with Crippen LogP contribution in [-0.4, -0.2) is 33.1 Å². The van der Waals surface area contributed by atoms with Crippen LogP contribution in [0.1, 0.15) is 26.2 Å². The SMILES string of the molecule is CCCCC(CNc1ccccc1)NS(=O)(=O)c1cc(OC)c(Br)nc1Br. The molecule has 1 heterocycles. The van der Waals surface area contributed by atoms with Crippen molar-refractivity contribution in [2.75, 3.05) is 19.0 Å². The molecule has 1 aromatic carbocycles. The number of hydrogen-bond donors (Lipinski definition) is 2. The maximum Gasteiger partial charge on any atom is 0.243 e. The Hall–Kier alpha value is -1.16. The van der Waals surface area contributed by atoms with Crippen molar-refractivity contribution in [1.29, 1.82) is 0 Å². The summed E-state index contributed by atoms with van der Waals surface area (Å²) in [6.07, 6.45) is 2.64. The molecule has 0 spiro atoms. The molecule has 9 heteroatoms. The van der Waals surface area contributed by atoms with Crippen LogP contribution in [0.3, 0.4) is 0 Å². The second-order valence-corrected chi connectivity index (χ2v) is 9.16. The molecule has 0 fully saturated rings. The zero-order valence-corrected chi connectivity index (χ0v) is 19.2. The first-order chi connectivity index (χ1) is 12.9. The van der Waals surface area contributed by atoms with E-state index in [1.54, 1.807) is 0 Å². The van der Waals surface area contributed by atoms with Crippen LogP contribution in [0, 0.1) is 0 Å². The van der Waals surface area contributed by atoms with Gasteiger partial charge in [-0.15, -0.1) is 0 Å². The molecule has 1 atom stereocenters. The van der Waals surface area contributed by atoms with E-state index in [0.717, 1.165) is 24.9 Å². The molecule has 0 aliphatic rings. The van der Waals surface area contributed by atoms with E-state index in [4.69, 9.17) is 4.74 Å². The van der Waals surface area contributed by atoms with Crippen molar-refractivity contribution in [2.24, 2.45) is 0 Å². The van der Waals surface area contributed by atoms with Gasteiger partial charge in [-0.2, -0.15) is 0 Å². The zero-order valence-electron chi connectivity index (χ0n) is 15.2. The fourth-order valence-corrected chi connectivity index (χ4v) is 5.42. The van der Waals surface area contributed by atoms with Crippen LogP contribution in [-0.2, 0) is 10.0 Å². The second-order valence-electron chi connectivity index (χ2n) is 5.98. The summed E-state index contributed by atoms with van der Waals surface area (Å²) in [5, 5.41) is 3.29. The average molecular weight is 521 g/mol. The molecule has 0 aliphatic carbocycles. The van der Waals surface area contributed by atoms with Gasteiger partial charge in [0.25, 0.3) is 0 Å². The number of aromatic nitrogens is 1.